The summed E-state index contributed by atoms with van der Waals surface area (Å²) < 4.78 is 2.08. The molecule has 2 aliphatic rings. The molecule has 2 unspecified atom stereocenters. The second-order valence-corrected chi connectivity index (χ2v) is 8.44. The smallest absolute Gasteiger partial charge is 0.166 e. The standard InChI is InChI=1S/C24H27N7/c1-15(2)31-14-28-21-23(29-22(30-24(21)31)18-5-4-9-25-12-18)26-10-8-17-13-27-20-7-6-16(3)11-19(17)20/h4-7,9,11-15,19-20,27H,8,10H2,1-3H3,(H,26,29,30). The van der Waals surface area contributed by atoms with Crippen molar-refractivity contribution >= 4 is 17.0 Å². The fourth-order valence-corrected chi connectivity index (χ4v) is 4.22. The topological polar surface area (TPSA) is 80.6 Å². The Kier molecular flexibility index (Phi) is 5.02. The molecule has 3 aromatic heterocycles. The van der Waals surface area contributed by atoms with Crippen molar-refractivity contribution in [2.24, 2.45) is 5.92 Å². The molecule has 0 spiro atoms. The summed E-state index contributed by atoms with van der Waals surface area (Å²) in [6.45, 7) is 7.19. The van der Waals surface area contributed by atoms with Crippen LogP contribution in [-0.2, 0) is 0 Å². The van der Waals surface area contributed by atoms with Crippen LogP contribution < -0.4 is 10.6 Å². The monoisotopic (exact) mass is 413 g/mol. The van der Waals surface area contributed by atoms with Gasteiger partial charge in [-0.3, -0.25) is 4.98 Å². The molecule has 1 aliphatic carbocycles. The van der Waals surface area contributed by atoms with E-state index in [1.807, 2.05) is 18.5 Å². The highest BCUT2D eigenvalue weighted by molar-refractivity contribution is 5.85. The molecule has 7 nitrogen and oxygen atoms in total. The lowest BCUT2D eigenvalue weighted by atomic mass is 9.87. The summed E-state index contributed by atoms with van der Waals surface area (Å²) >= 11 is 0. The lowest BCUT2D eigenvalue weighted by Crippen LogP contribution is -2.26. The zero-order valence-electron chi connectivity index (χ0n) is 18.1. The maximum atomic E-state index is 4.81. The molecule has 0 fully saturated rings. The molecular weight excluding hydrogens is 386 g/mol. The number of imidazole rings is 1. The number of pyridine rings is 1. The zero-order chi connectivity index (χ0) is 21.4. The molecule has 3 aromatic rings. The molecule has 31 heavy (non-hydrogen) atoms. The van der Waals surface area contributed by atoms with Gasteiger partial charge in [-0.1, -0.05) is 23.8 Å². The molecule has 1 aliphatic heterocycles. The van der Waals surface area contributed by atoms with Crippen LogP contribution in [0, 0.1) is 5.92 Å². The van der Waals surface area contributed by atoms with Crippen molar-refractivity contribution in [3.05, 3.63) is 66.4 Å². The number of hydrogen-bond acceptors (Lipinski definition) is 6. The summed E-state index contributed by atoms with van der Waals surface area (Å²) in [7, 11) is 0. The highest BCUT2D eigenvalue weighted by Crippen LogP contribution is 2.31. The maximum Gasteiger partial charge on any atom is 0.166 e. The fourth-order valence-electron chi connectivity index (χ4n) is 4.22. The van der Waals surface area contributed by atoms with Crippen LogP contribution in [0.1, 0.15) is 33.2 Å². The number of nitrogens with zero attached hydrogens (tertiary/aromatic N) is 5. The van der Waals surface area contributed by atoms with E-state index in [0.717, 1.165) is 35.5 Å². The van der Waals surface area contributed by atoms with Gasteiger partial charge in [0.1, 0.15) is 5.52 Å². The van der Waals surface area contributed by atoms with Crippen molar-refractivity contribution < 1.29 is 0 Å². The summed E-state index contributed by atoms with van der Waals surface area (Å²) in [5.41, 5.74) is 5.26. The number of nitrogens with one attached hydrogen (secondary N) is 2. The van der Waals surface area contributed by atoms with Gasteiger partial charge in [0, 0.05) is 36.5 Å². The van der Waals surface area contributed by atoms with E-state index in [0.29, 0.717) is 17.8 Å². The molecule has 2 atom stereocenters. The summed E-state index contributed by atoms with van der Waals surface area (Å²) in [6, 6.07) is 4.52. The van der Waals surface area contributed by atoms with Crippen molar-refractivity contribution in [2.75, 3.05) is 11.9 Å². The van der Waals surface area contributed by atoms with Crippen molar-refractivity contribution in [3.8, 4) is 11.4 Å². The Morgan fingerprint density at radius 3 is 2.97 bits per heavy atom. The highest BCUT2D eigenvalue weighted by Gasteiger charge is 2.27. The van der Waals surface area contributed by atoms with E-state index in [-0.39, 0.29) is 6.04 Å². The van der Waals surface area contributed by atoms with Gasteiger partial charge in [-0.25, -0.2) is 15.0 Å². The Bertz CT molecular complexity index is 1190. The molecule has 2 N–H and O–H groups in total. The zero-order valence-corrected chi connectivity index (χ0v) is 18.1. The Morgan fingerprint density at radius 2 is 2.16 bits per heavy atom. The van der Waals surface area contributed by atoms with Gasteiger partial charge in [-0.2, -0.15) is 0 Å². The van der Waals surface area contributed by atoms with Crippen LogP contribution in [0.4, 0.5) is 5.82 Å². The van der Waals surface area contributed by atoms with E-state index in [4.69, 9.17) is 9.97 Å². The summed E-state index contributed by atoms with van der Waals surface area (Å²) in [4.78, 5) is 18.5. The molecule has 0 aromatic carbocycles. The molecule has 7 heteroatoms. The van der Waals surface area contributed by atoms with Gasteiger partial charge in [0.15, 0.2) is 17.3 Å². The van der Waals surface area contributed by atoms with Gasteiger partial charge < -0.3 is 15.2 Å². The maximum absolute atomic E-state index is 4.81. The number of rotatable bonds is 6. The number of hydrogen-bond donors (Lipinski definition) is 2. The molecule has 0 radical (unpaired) electrons. The van der Waals surface area contributed by atoms with Gasteiger partial charge in [0.25, 0.3) is 0 Å². The third kappa shape index (κ3) is 3.71. The second kappa shape index (κ2) is 7.98. The molecule has 4 heterocycles. The van der Waals surface area contributed by atoms with E-state index in [1.165, 1.54) is 11.1 Å². The normalized spacial score (nSPS) is 19.9. The average molecular weight is 414 g/mol. The fraction of sp³-hybridized carbons (Fsp3) is 0.333. The van der Waals surface area contributed by atoms with Crippen LogP contribution in [0.25, 0.3) is 22.6 Å². The predicted molar refractivity (Wildman–Crippen MR) is 123 cm³/mol. The Hall–Kier alpha value is -3.48. The third-order valence-corrected chi connectivity index (χ3v) is 5.89. The van der Waals surface area contributed by atoms with Gasteiger partial charge in [-0.05, 0) is 51.1 Å². The van der Waals surface area contributed by atoms with Crippen LogP contribution in [0.5, 0.6) is 0 Å². The average Bonchev–Trinajstić information content (AvgIpc) is 3.38. The van der Waals surface area contributed by atoms with Crippen molar-refractivity contribution in [1.29, 1.82) is 0 Å². The van der Waals surface area contributed by atoms with Gasteiger partial charge >= 0.3 is 0 Å². The molecular formula is C24H27N7. The predicted octanol–water partition coefficient (Wildman–Crippen LogP) is 4.26. The van der Waals surface area contributed by atoms with E-state index < -0.39 is 0 Å². The van der Waals surface area contributed by atoms with Crippen LogP contribution in [0.15, 0.2) is 66.4 Å². The quantitative estimate of drug-likeness (QED) is 0.629. The van der Waals surface area contributed by atoms with E-state index in [2.05, 4.69) is 70.4 Å². The van der Waals surface area contributed by atoms with Crippen molar-refractivity contribution in [1.82, 2.24) is 29.8 Å². The summed E-state index contributed by atoms with van der Waals surface area (Å²) in [6.07, 6.45) is 15.3. The lowest BCUT2D eigenvalue weighted by Gasteiger charge is -2.21. The number of allylic oxidation sites excluding steroid dienone is 2. The van der Waals surface area contributed by atoms with Crippen LogP contribution in [0.3, 0.4) is 0 Å². The molecule has 158 valence electrons. The van der Waals surface area contributed by atoms with Crippen LogP contribution >= 0.6 is 0 Å². The second-order valence-electron chi connectivity index (χ2n) is 8.44. The lowest BCUT2D eigenvalue weighted by molar-refractivity contribution is 0.613. The van der Waals surface area contributed by atoms with Crippen LogP contribution in [0.2, 0.25) is 0 Å². The largest absolute Gasteiger partial charge is 0.384 e. The van der Waals surface area contributed by atoms with Gasteiger partial charge in [0.2, 0.25) is 0 Å². The van der Waals surface area contributed by atoms with Gasteiger partial charge in [-0.15, -0.1) is 0 Å². The Labute approximate surface area is 182 Å². The van der Waals surface area contributed by atoms with E-state index in [9.17, 15) is 0 Å². The first kappa shape index (κ1) is 19.5. The van der Waals surface area contributed by atoms with Gasteiger partial charge in [0.05, 0.1) is 12.4 Å². The SMILES string of the molecule is CC1=CC2C(CCNc3nc(-c4cccnc4)nc4c3ncn4C(C)C)=CNC2C=C1. The van der Waals surface area contributed by atoms with Crippen molar-refractivity contribution in [3.63, 3.8) is 0 Å². The first-order valence-electron chi connectivity index (χ1n) is 10.8. The minimum absolute atomic E-state index is 0.260. The molecule has 0 saturated heterocycles. The van der Waals surface area contributed by atoms with E-state index >= 15 is 0 Å². The van der Waals surface area contributed by atoms with Crippen molar-refractivity contribution in [2.45, 2.75) is 39.3 Å². The number of anilines is 1. The molecule has 0 bridgehead atoms. The number of fused-ring (bicyclic) bond motifs is 2. The first-order chi connectivity index (χ1) is 15.1. The minimum Gasteiger partial charge on any atom is -0.384 e. The van der Waals surface area contributed by atoms with Crippen LogP contribution in [-0.4, -0.2) is 37.1 Å². The van der Waals surface area contributed by atoms with E-state index in [1.54, 1.807) is 12.4 Å². The number of aromatic nitrogens is 5. The minimum atomic E-state index is 0.260. The summed E-state index contributed by atoms with van der Waals surface area (Å²) in [5.74, 6) is 1.85. The molecule has 5 rings (SSSR count). The Morgan fingerprint density at radius 1 is 1.26 bits per heavy atom. The molecule has 0 amide bonds. The highest BCUT2D eigenvalue weighted by atomic mass is 15.2. The molecule has 0 saturated carbocycles. The third-order valence-electron chi connectivity index (χ3n) is 5.89. The Balaban J connectivity index is 1.41. The summed E-state index contributed by atoms with van der Waals surface area (Å²) in [5, 5.41) is 7.01. The first-order valence-corrected chi connectivity index (χ1v) is 10.8.